The lowest BCUT2D eigenvalue weighted by molar-refractivity contribution is -0.121. The topological polar surface area (TPSA) is 117 Å². The van der Waals surface area contributed by atoms with Crippen LogP contribution in [0.2, 0.25) is 0 Å². The first kappa shape index (κ1) is 20.7. The van der Waals surface area contributed by atoms with Crippen molar-refractivity contribution in [1.29, 1.82) is 0 Å². The number of amides is 1. The molecular formula is C19H19IN6O3S. The maximum atomic E-state index is 12.0. The third-order valence-electron chi connectivity index (χ3n) is 4.32. The summed E-state index contributed by atoms with van der Waals surface area (Å²) in [6, 6.07) is 7.87. The Morgan fingerprint density at radius 3 is 3.00 bits per heavy atom. The van der Waals surface area contributed by atoms with Crippen LogP contribution in [-0.2, 0) is 20.8 Å². The van der Waals surface area contributed by atoms with Gasteiger partial charge in [-0.25, -0.2) is 15.0 Å². The fraction of sp³-hybridized carbons (Fsp3) is 0.263. The van der Waals surface area contributed by atoms with Crippen molar-refractivity contribution in [1.82, 2.24) is 24.8 Å². The minimum atomic E-state index is -0.515. The van der Waals surface area contributed by atoms with Crippen molar-refractivity contribution in [3.8, 4) is 0 Å². The monoisotopic (exact) mass is 538 g/mol. The van der Waals surface area contributed by atoms with Crippen molar-refractivity contribution in [2.75, 3.05) is 12.3 Å². The second-order valence-corrected chi connectivity index (χ2v) is 8.46. The molecule has 1 atom stereocenters. The van der Waals surface area contributed by atoms with Crippen molar-refractivity contribution >= 4 is 57.2 Å². The van der Waals surface area contributed by atoms with Gasteiger partial charge in [-0.15, -0.1) is 0 Å². The van der Waals surface area contributed by atoms with Gasteiger partial charge < -0.3 is 25.1 Å². The normalized spacial score (nSPS) is 15.5. The predicted octanol–water partition coefficient (Wildman–Crippen LogP) is 3.18. The lowest BCUT2D eigenvalue weighted by atomic mass is 10.2. The molecule has 9 nitrogen and oxygen atoms in total. The lowest BCUT2D eigenvalue weighted by Gasteiger charge is -2.13. The molecular weight excluding hydrogens is 519 g/mol. The third-order valence-corrected chi connectivity index (χ3v) is 6.19. The second kappa shape index (κ2) is 9.08. The van der Waals surface area contributed by atoms with Gasteiger partial charge in [0.1, 0.15) is 12.6 Å². The Morgan fingerprint density at radius 2 is 2.20 bits per heavy atom. The number of benzene rings is 1. The summed E-state index contributed by atoms with van der Waals surface area (Å²) < 4.78 is 14.6. The summed E-state index contributed by atoms with van der Waals surface area (Å²) >= 11 is 3.54. The predicted molar refractivity (Wildman–Crippen MR) is 121 cm³/mol. The summed E-state index contributed by atoms with van der Waals surface area (Å²) in [7, 11) is 0. The molecule has 1 unspecified atom stereocenters. The highest BCUT2D eigenvalue weighted by Gasteiger charge is 2.26. The van der Waals surface area contributed by atoms with E-state index in [1.165, 1.54) is 18.1 Å². The number of imidazole rings is 1. The summed E-state index contributed by atoms with van der Waals surface area (Å²) in [5.41, 5.74) is 7.99. The van der Waals surface area contributed by atoms with E-state index < -0.39 is 6.29 Å². The Balaban J connectivity index is 1.56. The number of aryl methyl sites for hydroxylation is 1. The van der Waals surface area contributed by atoms with Gasteiger partial charge in [-0.2, -0.15) is 0 Å². The van der Waals surface area contributed by atoms with Crippen LogP contribution >= 0.6 is 34.4 Å². The molecule has 3 heterocycles. The van der Waals surface area contributed by atoms with E-state index in [9.17, 15) is 4.79 Å². The Kier molecular flexibility index (Phi) is 6.27. The molecule has 0 saturated heterocycles. The van der Waals surface area contributed by atoms with Crippen molar-refractivity contribution in [2.45, 2.75) is 31.3 Å². The van der Waals surface area contributed by atoms with E-state index in [-0.39, 0.29) is 18.1 Å². The minimum Gasteiger partial charge on any atom is -0.454 e. The minimum absolute atomic E-state index is 0.0456. The van der Waals surface area contributed by atoms with Gasteiger partial charge in [0.25, 0.3) is 6.29 Å². The fourth-order valence-corrected chi connectivity index (χ4v) is 4.42. The van der Waals surface area contributed by atoms with Crippen LogP contribution in [0.4, 0.5) is 5.82 Å². The van der Waals surface area contributed by atoms with Crippen molar-refractivity contribution in [2.24, 2.45) is 0 Å². The van der Waals surface area contributed by atoms with Gasteiger partial charge in [-0.05, 0) is 47.3 Å². The summed E-state index contributed by atoms with van der Waals surface area (Å²) in [5, 5.41) is 3.95. The number of nitrogens with zero attached hydrogens (tertiary/aromatic N) is 4. The number of ether oxygens (including phenoxy) is 2. The highest BCUT2D eigenvalue weighted by atomic mass is 127. The molecule has 1 aliphatic rings. The number of aromatic nitrogens is 4. The van der Waals surface area contributed by atoms with E-state index in [1.54, 1.807) is 6.26 Å². The first-order chi connectivity index (χ1) is 14.6. The maximum Gasteiger partial charge on any atom is 0.268 e. The van der Waals surface area contributed by atoms with Gasteiger partial charge in [0.15, 0.2) is 22.1 Å². The Morgan fingerprint density at radius 1 is 1.37 bits per heavy atom. The quantitative estimate of drug-likeness (QED) is 0.441. The molecule has 0 fully saturated rings. The number of anilines is 1. The van der Waals surface area contributed by atoms with Gasteiger partial charge in [0, 0.05) is 28.6 Å². The fourth-order valence-electron chi connectivity index (χ4n) is 2.93. The third kappa shape index (κ3) is 4.31. The van der Waals surface area contributed by atoms with Crippen molar-refractivity contribution in [3.05, 3.63) is 51.1 Å². The van der Waals surface area contributed by atoms with E-state index in [2.05, 4.69) is 42.9 Å². The Labute approximate surface area is 190 Å². The Hall–Kier alpha value is -2.54. The average molecular weight is 538 g/mol. The van der Waals surface area contributed by atoms with Crippen LogP contribution in [0, 0.1) is 3.57 Å². The molecule has 1 aromatic carbocycles. The van der Waals surface area contributed by atoms with E-state index in [0.717, 1.165) is 9.13 Å². The SMILES string of the molecule is CCNC(=O)CCn1c(SC2=COC(c3ccccc3I)O2)nc2c(N)ncnc21. The molecule has 0 aliphatic carbocycles. The lowest BCUT2D eigenvalue weighted by Crippen LogP contribution is -2.24. The zero-order valence-corrected chi connectivity index (χ0v) is 19.0. The summed E-state index contributed by atoms with van der Waals surface area (Å²) in [5.74, 6) is 0.239. The molecule has 11 heteroatoms. The van der Waals surface area contributed by atoms with Crippen LogP contribution in [0.15, 0.2) is 47.1 Å². The van der Waals surface area contributed by atoms with Crippen molar-refractivity contribution < 1.29 is 14.3 Å². The van der Waals surface area contributed by atoms with Gasteiger partial charge in [-0.1, -0.05) is 18.2 Å². The first-order valence-corrected chi connectivity index (χ1v) is 11.1. The van der Waals surface area contributed by atoms with Gasteiger partial charge in [0.05, 0.1) is 0 Å². The number of nitrogens with two attached hydrogens (primary N) is 1. The number of fused-ring (bicyclic) bond motifs is 1. The smallest absolute Gasteiger partial charge is 0.268 e. The number of carbonyl (C=O) groups excluding carboxylic acids is 1. The first-order valence-electron chi connectivity index (χ1n) is 9.24. The number of nitrogens with one attached hydrogen (secondary N) is 1. The molecule has 1 aliphatic heterocycles. The molecule has 0 saturated carbocycles. The van der Waals surface area contributed by atoms with Gasteiger partial charge in [-0.3, -0.25) is 4.79 Å². The molecule has 3 N–H and O–H groups in total. The molecule has 3 aromatic rings. The van der Waals surface area contributed by atoms with Crippen LogP contribution in [0.5, 0.6) is 0 Å². The number of nitrogen functional groups attached to an aromatic ring is 1. The molecule has 156 valence electrons. The number of thioether (sulfide) groups is 1. The van der Waals surface area contributed by atoms with Crippen molar-refractivity contribution in [3.63, 3.8) is 0 Å². The maximum absolute atomic E-state index is 12.0. The van der Waals surface area contributed by atoms with E-state index in [4.69, 9.17) is 15.2 Å². The number of carbonyl (C=O) groups is 1. The van der Waals surface area contributed by atoms with E-state index >= 15 is 0 Å². The molecule has 0 spiro atoms. The molecule has 0 bridgehead atoms. The standard InChI is InChI=1S/C19H19IN6O3S/c1-2-22-13(27)7-8-26-17-15(16(21)23-10-24-17)25-19(26)30-14-9-28-18(29-14)11-5-3-4-6-12(11)20/h3-6,9-10,18H,2,7-8H2,1H3,(H,22,27)(H2,21,23,24). The highest BCUT2D eigenvalue weighted by Crippen LogP contribution is 2.39. The van der Waals surface area contributed by atoms with Crippen LogP contribution < -0.4 is 11.1 Å². The zero-order chi connectivity index (χ0) is 21.1. The zero-order valence-electron chi connectivity index (χ0n) is 16.0. The largest absolute Gasteiger partial charge is 0.454 e. The number of hydrogen-bond donors (Lipinski definition) is 2. The van der Waals surface area contributed by atoms with Gasteiger partial charge in [0.2, 0.25) is 11.0 Å². The average Bonchev–Trinajstić information content (AvgIpc) is 3.33. The molecule has 0 radical (unpaired) electrons. The van der Waals surface area contributed by atoms with Crippen LogP contribution in [0.1, 0.15) is 25.2 Å². The molecule has 30 heavy (non-hydrogen) atoms. The number of hydrogen-bond acceptors (Lipinski definition) is 8. The highest BCUT2D eigenvalue weighted by molar-refractivity contribution is 14.1. The second-order valence-electron chi connectivity index (χ2n) is 6.33. The number of halogens is 1. The molecule has 1 amide bonds. The molecule has 2 aromatic heterocycles. The van der Waals surface area contributed by atoms with E-state index in [1.807, 2.05) is 35.8 Å². The Bertz CT molecular complexity index is 1120. The van der Waals surface area contributed by atoms with Crippen LogP contribution in [0.3, 0.4) is 0 Å². The summed E-state index contributed by atoms with van der Waals surface area (Å²) in [4.78, 5) is 24.9. The van der Waals surface area contributed by atoms with Crippen LogP contribution in [0.25, 0.3) is 11.2 Å². The summed E-state index contributed by atoms with van der Waals surface area (Å²) in [6.45, 7) is 2.86. The number of rotatable bonds is 7. The van der Waals surface area contributed by atoms with Gasteiger partial charge >= 0.3 is 0 Å². The van der Waals surface area contributed by atoms with E-state index in [0.29, 0.717) is 34.5 Å². The van der Waals surface area contributed by atoms with Crippen LogP contribution in [-0.4, -0.2) is 32.0 Å². The summed E-state index contributed by atoms with van der Waals surface area (Å²) in [6.07, 6.45) is 2.73. The molecule has 4 rings (SSSR count).